The molecule has 2 unspecified atom stereocenters. The number of rotatable bonds is 4. The molecule has 2 bridgehead atoms. The van der Waals surface area contributed by atoms with E-state index in [-0.39, 0.29) is 17.5 Å². The number of Topliss-reactive ketones (excluding diaryl/α,β-unsaturated/α-hetero) is 1. The molecule has 0 N–H and O–H groups in total. The Kier molecular flexibility index (Phi) is 4.90. The molecule has 2 aromatic carbocycles. The van der Waals surface area contributed by atoms with Crippen molar-refractivity contribution in [3.8, 4) is 0 Å². The molecule has 2 fully saturated rings. The van der Waals surface area contributed by atoms with Gasteiger partial charge in [0.2, 0.25) is 0 Å². The Morgan fingerprint density at radius 2 is 1.73 bits per heavy atom. The first-order valence-electron chi connectivity index (χ1n) is 9.72. The van der Waals surface area contributed by atoms with E-state index in [1.54, 1.807) is 6.07 Å². The lowest BCUT2D eigenvalue weighted by atomic mass is 9.75. The topological polar surface area (TPSA) is 20.3 Å². The minimum Gasteiger partial charge on any atom is -0.294 e. The van der Waals surface area contributed by atoms with Crippen molar-refractivity contribution in [3.63, 3.8) is 0 Å². The van der Waals surface area contributed by atoms with Crippen LogP contribution < -0.4 is 0 Å². The zero-order valence-electron chi connectivity index (χ0n) is 15.3. The molecule has 0 aliphatic carbocycles. The number of ketones is 1. The molecule has 4 rings (SSSR count). The zero-order valence-corrected chi connectivity index (χ0v) is 15.3. The van der Waals surface area contributed by atoms with E-state index >= 15 is 0 Å². The second-order valence-corrected chi connectivity index (χ2v) is 7.86. The lowest BCUT2D eigenvalue weighted by Gasteiger charge is -2.48. The second-order valence-electron chi connectivity index (χ2n) is 7.86. The van der Waals surface area contributed by atoms with Gasteiger partial charge in [0.05, 0.1) is 5.56 Å². The molecule has 2 aliphatic rings. The smallest absolute Gasteiger partial charge is 0.169 e. The number of carbonyl (C=O) groups is 1. The average molecular weight is 351 g/mol. The van der Waals surface area contributed by atoms with Gasteiger partial charge < -0.3 is 0 Å². The highest BCUT2D eigenvalue weighted by molar-refractivity contribution is 5.99. The van der Waals surface area contributed by atoms with E-state index in [9.17, 15) is 9.18 Å². The lowest BCUT2D eigenvalue weighted by Crippen LogP contribution is -2.52. The molecule has 2 aliphatic heterocycles. The Bertz CT molecular complexity index is 754. The van der Waals surface area contributed by atoms with Gasteiger partial charge in [-0.3, -0.25) is 9.69 Å². The van der Waals surface area contributed by atoms with Crippen LogP contribution in [0.5, 0.6) is 0 Å². The van der Waals surface area contributed by atoms with Crippen LogP contribution in [0.15, 0.2) is 48.5 Å². The molecule has 0 saturated carbocycles. The summed E-state index contributed by atoms with van der Waals surface area (Å²) in [6, 6.07) is 16.4. The van der Waals surface area contributed by atoms with E-state index in [0.29, 0.717) is 17.6 Å². The van der Waals surface area contributed by atoms with Crippen molar-refractivity contribution in [2.75, 3.05) is 0 Å². The summed E-state index contributed by atoms with van der Waals surface area (Å²) in [5.74, 6) is -0.406. The number of hydrogen-bond acceptors (Lipinski definition) is 2. The predicted molar refractivity (Wildman–Crippen MR) is 102 cm³/mol. The monoisotopic (exact) mass is 351 g/mol. The molecule has 2 saturated heterocycles. The number of aryl methyl sites for hydroxylation is 1. The average Bonchev–Trinajstić information content (AvgIpc) is 2.62. The largest absolute Gasteiger partial charge is 0.294 e. The third-order valence-corrected chi connectivity index (χ3v) is 6.17. The first-order chi connectivity index (χ1) is 12.6. The van der Waals surface area contributed by atoms with Gasteiger partial charge in [-0.15, -0.1) is 0 Å². The summed E-state index contributed by atoms with van der Waals surface area (Å²) < 4.78 is 14.3. The van der Waals surface area contributed by atoms with Crippen LogP contribution in [0.3, 0.4) is 0 Å². The lowest BCUT2D eigenvalue weighted by molar-refractivity contribution is 0.00893. The van der Waals surface area contributed by atoms with Crippen molar-refractivity contribution in [3.05, 3.63) is 71.0 Å². The maximum Gasteiger partial charge on any atom is 0.169 e. The van der Waals surface area contributed by atoms with Crippen LogP contribution in [0.1, 0.15) is 53.6 Å². The minimum atomic E-state index is -0.369. The number of piperidine rings is 2. The Morgan fingerprint density at radius 1 is 1.04 bits per heavy atom. The molecule has 3 heteroatoms. The highest BCUT2D eigenvalue weighted by Gasteiger charge is 2.41. The van der Waals surface area contributed by atoms with Gasteiger partial charge in [0, 0.05) is 24.5 Å². The Hall–Kier alpha value is -2.00. The van der Waals surface area contributed by atoms with Crippen LogP contribution in [-0.4, -0.2) is 22.8 Å². The van der Waals surface area contributed by atoms with Crippen LogP contribution in [0.4, 0.5) is 4.39 Å². The van der Waals surface area contributed by atoms with Crippen LogP contribution in [-0.2, 0) is 6.54 Å². The van der Waals surface area contributed by atoms with Crippen LogP contribution >= 0.6 is 0 Å². The molecule has 0 spiro atoms. The molecular formula is C23H26FNO. The quantitative estimate of drug-likeness (QED) is 0.710. The molecule has 2 nitrogen and oxygen atoms in total. The third kappa shape index (κ3) is 3.33. The van der Waals surface area contributed by atoms with E-state index in [0.717, 1.165) is 37.8 Å². The molecular weight excluding hydrogens is 325 g/mol. The summed E-state index contributed by atoms with van der Waals surface area (Å²) >= 11 is 0. The van der Waals surface area contributed by atoms with Gasteiger partial charge in [-0.1, -0.05) is 48.9 Å². The maximum atomic E-state index is 14.3. The van der Waals surface area contributed by atoms with Crippen molar-refractivity contribution in [2.24, 2.45) is 5.92 Å². The first-order valence-corrected chi connectivity index (χ1v) is 9.72. The summed E-state index contributed by atoms with van der Waals surface area (Å²) in [6.07, 6.45) is 5.23. The molecule has 2 aromatic rings. The number of halogens is 1. The van der Waals surface area contributed by atoms with Gasteiger partial charge in [0.15, 0.2) is 5.78 Å². The van der Waals surface area contributed by atoms with E-state index in [4.69, 9.17) is 0 Å². The number of carbonyl (C=O) groups excluding carboxylic acids is 1. The molecule has 0 radical (unpaired) electrons. The van der Waals surface area contributed by atoms with E-state index < -0.39 is 0 Å². The van der Waals surface area contributed by atoms with Crippen molar-refractivity contribution in [1.82, 2.24) is 4.90 Å². The van der Waals surface area contributed by atoms with E-state index in [2.05, 4.69) is 29.2 Å². The van der Waals surface area contributed by atoms with Crippen LogP contribution in [0, 0.1) is 18.7 Å². The molecule has 2 heterocycles. The number of fused-ring (bicyclic) bond motifs is 2. The third-order valence-electron chi connectivity index (χ3n) is 6.17. The van der Waals surface area contributed by atoms with Gasteiger partial charge >= 0.3 is 0 Å². The SMILES string of the molecule is Cc1cccc(F)c1C(=O)C1CC2CCCC(C1)N2Cc1ccccc1. The Labute approximate surface area is 155 Å². The summed E-state index contributed by atoms with van der Waals surface area (Å²) in [6.45, 7) is 2.79. The van der Waals surface area contributed by atoms with Gasteiger partial charge in [0.25, 0.3) is 0 Å². The second kappa shape index (κ2) is 7.32. The van der Waals surface area contributed by atoms with Crippen molar-refractivity contribution >= 4 is 5.78 Å². The van der Waals surface area contributed by atoms with Gasteiger partial charge in [0.1, 0.15) is 5.82 Å². The standard InChI is InChI=1S/C23H26FNO/c1-16-7-5-12-21(24)22(16)23(26)18-13-19-10-6-11-20(14-18)25(19)15-17-8-3-2-4-9-17/h2-5,7-9,12,18-20H,6,10-11,13-15H2,1H3. The Balaban J connectivity index is 1.53. The first kappa shape index (κ1) is 17.4. The molecule has 0 aromatic heterocycles. The molecule has 136 valence electrons. The van der Waals surface area contributed by atoms with Crippen molar-refractivity contribution in [2.45, 2.75) is 57.7 Å². The van der Waals surface area contributed by atoms with Gasteiger partial charge in [-0.05, 0) is 49.8 Å². The number of benzene rings is 2. The fourth-order valence-electron chi connectivity index (χ4n) is 4.89. The maximum absolute atomic E-state index is 14.3. The summed E-state index contributed by atoms with van der Waals surface area (Å²) in [5.41, 5.74) is 2.40. The number of hydrogen-bond donors (Lipinski definition) is 0. The Morgan fingerprint density at radius 3 is 2.38 bits per heavy atom. The normalized spacial score (nSPS) is 25.8. The van der Waals surface area contributed by atoms with Crippen molar-refractivity contribution < 1.29 is 9.18 Å². The summed E-state index contributed by atoms with van der Waals surface area (Å²) in [7, 11) is 0. The van der Waals surface area contributed by atoms with Crippen LogP contribution in [0.2, 0.25) is 0 Å². The fraction of sp³-hybridized carbons (Fsp3) is 0.435. The molecule has 2 atom stereocenters. The van der Waals surface area contributed by atoms with Gasteiger partial charge in [-0.25, -0.2) is 4.39 Å². The summed E-state index contributed by atoms with van der Waals surface area (Å²) in [5, 5.41) is 0. The van der Waals surface area contributed by atoms with E-state index in [1.165, 1.54) is 18.1 Å². The molecule has 26 heavy (non-hydrogen) atoms. The van der Waals surface area contributed by atoms with E-state index in [1.807, 2.05) is 19.1 Å². The van der Waals surface area contributed by atoms with Gasteiger partial charge in [-0.2, -0.15) is 0 Å². The minimum absolute atomic E-state index is 0.0110. The fourth-order valence-corrected chi connectivity index (χ4v) is 4.89. The molecule has 0 amide bonds. The predicted octanol–water partition coefficient (Wildman–Crippen LogP) is 5.15. The zero-order chi connectivity index (χ0) is 18.1. The van der Waals surface area contributed by atoms with Crippen molar-refractivity contribution in [1.29, 1.82) is 0 Å². The highest BCUT2D eigenvalue weighted by atomic mass is 19.1. The summed E-state index contributed by atoms with van der Waals surface area (Å²) in [4.78, 5) is 15.7. The van der Waals surface area contributed by atoms with Crippen LogP contribution in [0.25, 0.3) is 0 Å². The highest BCUT2D eigenvalue weighted by Crippen LogP contribution is 2.39. The number of nitrogens with zero attached hydrogens (tertiary/aromatic N) is 1.